The lowest BCUT2D eigenvalue weighted by Crippen LogP contribution is -2.57. The minimum Gasteiger partial charge on any atom is -0.469 e. The van der Waals surface area contributed by atoms with Crippen molar-refractivity contribution >= 4 is 23.5 Å². The second-order valence-electron chi connectivity index (χ2n) is 5.12. The van der Waals surface area contributed by atoms with Gasteiger partial charge in [-0.2, -0.15) is 0 Å². The fourth-order valence-corrected chi connectivity index (χ4v) is 2.37. The third-order valence-corrected chi connectivity index (χ3v) is 3.48. The van der Waals surface area contributed by atoms with Crippen molar-refractivity contribution in [1.29, 1.82) is 0 Å². The maximum atomic E-state index is 13.1. The minimum atomic E-state index is -0.755. The second kappa shape index (κ2) is 7.68. The molecule has 8 heteroatoms. The summed E-state index contributed by atoms with van der Waals surface area (Å²) in [5.74, 6) is -1.69. The number of carbonyl (C=O) groups excluding carboxylic acids is 3. The highest BCUT2D eigenvalue weighted by Gasteiger charge is 2.33. The van der Waals surface area contributed by atoms with Crippen molar-refractivity contribution in [3.8, 4) is 0 Å². The number of methoxy groups -OCH3 is 1. The molecule has 0 radical (unpaired) electrons. The highest BCUT2D eigenvalue weighted by molar-refractivity contribution is 5.93. The van der Waals surface area contributed by atoms with E-state index in [-0.39, 0.29) is 24.8 Å². The molecule has 1 aliphatic rings. The Labute approximate surface area is 132 Å². The van der Waals surface area contributed by atoms with Crippen LogP contribution in [-0.4, -0.2) is 55.5 Å². The zero-order valence-corrected chi connectivity index (χ0v) is 12.7. The number of nitrogens with one attached hydrogen (secondary N) is 2. The number of esters is 1. The predicted octanol–water partition coefficient (Wildman–Crippen LogP) is 0.128. The van der Waals surface area contributed by atoms with Gasteiger partial charge in [0.05, 0.1) is 20.1 Å². The highest BCUT2D eigenvalue weighted by Crippen LogP contribution is 2.12. The van der Waals surface area contributed by atoms with E-state index in [4.69, 9.17) is 0 Å². The zero-order chi connectivity index (χ0) is 16.8. The van der Waals surface area contributed by atoms with E-state index in [1.807, 2.05) is 0 Å². The summed E-state index contributed by atoms with van der Waals surface area (Å²) in [5.41, 5.74) is 0.334. The highest BCUT2D eigenvalue weighted by atomic mass is 19.1. The smallest absolute Gasteiger partial charge is 0.307 e. The van der Waals surface area contributed by atoms with E-state index in [1.165, 1.54) is 25.3 Å². The van der Waals surface area contributed by atoms with Crippen molar-refractivity contribution in [2.24, 2.45) is 0 Å². The Morgan fingerprint density at radius 1 is 1.48 bits per heavy atom. The van der Waals surface area contributed by atoms with Gasteiger partial charge in [-0.05, 0) is 18.2 Å². The number of piperazine rings is 1. The number of benzene rings is 1. The summed E-state index contributed by atoms with van der Waals surface area (Å²) in [6.45, 7) is 0.749. The van der Waals surface area contributed by atoms with Crippen LogP contribution in [-0.2, 0) is 19.1 Å². The number of nitrogens with zero attached hydrogens (tertiary/aromatic N) is 1. The van der Waals surface area contributed by atoms with Crippen LogP contribution >= 0.6 is 0 Å². The number of halogens is 1. The van der Waals surface area contributed by atoms with Crippen LogP contribution in [0.3, 0.4) is 0 Å². The first kappa shape index (κ1) is 16.9. The monoisotopic (exact) mass is 323 g/mol. The Balaban J connectivity index is 1.99. The molecule has 1 fully saturated rings. The topological polar surface area (TPSA) is 87.7 Å². The molecule has 0 spiro atoms. The fraction of sp³-hybridized carbons (Fsp3) is 0.400. The van der Waals surface area contributed by atoms with Crippen molar-refractivity contribution in [1.82, 2.24) is 10.2 Å². The molecule has 23 heavy (non-hydrogen) atoms. The quantitative estimate of drug-likeness (QED) is 0.752. The molecule has 2 amide bonds. The first-order valence-corrected chi connectivity index (χ1v) is 7.13. The Hall–Kier alpha value is -2.48. The van der Waals surface area contributed by atoms with Gasteiger partial charge in [-0.15, -0.1) is 0 Å². The Bertz CT molecular complexity index is 608. The lowest BCUT2D eigenvalue weighted by molar-refractivity contribution is -0.146. The lowest BCUT2D eigenvalue weighted by Gasteiger charge is -2.33. The van der Waals surface area contributed by atoms with Crippen molar-refractivity contribution in [2.75, 3.05) is 32.1 Å². The SMILES string of the molecule is COC(=O)C[C@H]1C(=O)NCCN1CC(=O)Nc1cccc(F)c1. The van der Waals surface area contributed by atoms with Gasteiger partial charge in [0.2, 0.25) is 11.8 Å². The molecule has 1 aromatic rings. The molecule has 0 aliphatic carbocycles. The molecule has 1 heterocycles. The van der Waals surface area contributed by atoms with Crippen LogP contribution in [0.5, 0.6) is 0 Å². The van der Waals surface area contributed by atoms with Crippen LogP contribution in [0.25, 0.3) is 0 Å². The Morgan fingerprint density at radius 2 is 2.26 bits per heavy atom. The predicted molar refractivity (Wildman–Crippen MR) is 80.0 cm³/mol. The van der Waals surface area contributed by atoms with Gasteiger partial charge in [-0.1, -0.05) is 6.07 Å². The summed E-state index contributed by atoms with van der Waals surface area (Å²) >= 11 is 0. The molecule has 0 bridgehead atoms. The van der Waals surface area contributed by atoms with E-state index in [9.17, 15) is 18.8 Å². The molecule has 0 unspecified atom stereocenters. The van der Waals surface area contributed by atoms with Gasteiger partial charge in [0.15, 0.2) is 0 Å². The second-order valence-corrected chi connectivity index (χ2v) is 5.12. The summed E-state index contributed by atoms with van der Waals surface area (Å²) in [4.78, 5) is 37.0. The average Bonchev–Trinajstić information content (AvgIpc) is 2.50. The van der Waals surface area contributed by atoms with Gasteiger partial charge in [0.25, 0.3) is 0 Å². The van der Waals surface area contributed by atoms with Gasteiger partial charge in [-0.25, -0.2) is 4.39 Å². The Kier molecular flexibility index (Phi) is 5.64. The van der Waals surface area contributed by atoms with Gasteiger partial charge in [0.1, 0.15) is 11.9 Å². The molecule has 1 aromatic carbocycles. The van der Waals surface area contributed by atoms with Crippen LogP contribution in [0, 0.1) is 5.82 Å². The molecule has 124 valence electrons. The third kappa shape index (κ3) is 4.75. The van der Waals surface area contributed by atoms with E-state index in [0.717, 1.165) is 0 Å². The van der Waals surface area contributed by atoms with Crippen molar-refractivity contribution in [2.45, 2.75) is 12.5 Å². The fourth-order valence-electron chi connectivity index (χ4n) is 2.37. The van der Waals surface area contributed by atoms with Crippen molar-refractivity contribution in [3.05, 3.63) is 30.1 Å². The molecule has 1 saturated heterocycles. The molecule has 2 rings (SSSR count). The van der Waals surface area contributed by atoms with E-state index in [2.05, 4.69) is 15.4 Å². The molecule has 0 aromatic heterocycles. The van der Waals surface area contributed by atoms with Gasteiger partial charge in [0, 0.05) is 18.8 Å². The summed E-state index contributed by atoms with van der Waals surface area (Å²) in [5, 5.41) is 5.22. The average molecular weight is 323 g/mol. The van der Waals surface area contributed by atoms with Crippen LogP contribution in [0.4, 0.5) is 10.1 Å². The third-order valence-electron chi connectivity index (χ3n) is 3.48. The van der Waals surface area contributed by atoms with Crippen LogP contribution < -0.4 is 10.6 Å². The van der Waals surface area contributed by atoms with E-state index >= 15 is 0 Å². The Morgan fingerprint density at radius 3 is 2.96 bits per heavy atom. The molecule has 1 aliphatic heterocycles. The van der Waals surface area contributed by atoms with E-state index < -0.39 is 17.8 Å². The molecule has 2 N–H and O–H groups in total. The largest absolute Gasteiger partial charge is 0.469 e. The number of carbonyl (C=O) groups is 3. The molecular formula is C15H18FN3O4. The standard InChI is InChI=1S/C15H18FN3O4/c1-23-14(21)8-12-15(22)17-5-6-19(12)9-13(20)18-11-4-2-3-10(16)7-11/h2-4,7,12H,5-6,8-9H2,1H3,(H,17,22)(H,18,20)/t12-/m0/s1. The van der Waals surface area contributed by atoms with Gasteiger partial charge in [-0.3, -0.25) is 19.3 Å². The van der Waals surface area contributed by atoms with Crippen molar-refractivity contribution < 1.29 is 23.5 Å². The summed E-state index contributed by atoms with van der Waals surface area (Å²) in [6.07, 6.45) is -0.129. The minimum absolute atomic E-state index is 0.0778. The number of hydrogen-bond acceptors (Lipinski definition) is 5. The first-order chi connectivity index (χ1) is 11.0. The van der Waals surface area contributed by atoms with Crippen LogP contribution in [0.1, 0.15) is 6.42 Å². The molecular weight excluding hydrogens is 305 g/mol. The van der Waals surface area contributed by atoms with E-state index in [1.54, 1.807) is 11.0 Å². The zero-order valence-electron chi connectivity index (χ0n) is 12.7. The number of rotatable bonds is 5. The van der Waals surface area contributed by atoms with E-state index in [0.29, 0.717) is 18.8 Å². The molecule has 1 atom stereocenters. The van der Waals surface area contributed by atoms with Gasteiger partial charge >= 0.3 is 5.97 Å². The normalized spacial score (nSPS) is 18.2. The maximum Gasteiger partial charge on any atom is 0.307 e. The number of anilines is 1. The van der Waals surface area contributed by atoms with Crippen LogP contribution in [0.2, 0.25) is 0 Å². The lowest BCUT2D eigenvalue weighted by atomic mass is 10.1. The number of ether oxygens (including phenoxy) is 1. The first-order valence-electron chi connectivity index (χ1n) is 7.13. The van der Waals surface area contributed by atoms with Crippen molar-refractivity contribution in [3.63, 3.8) is 0 Å². The van der Waals surface area contributed by atoms with Gasteiger partial charge < -0.3 is 15.4 Å². The summed E-state index contributed by atoms with van der Waals surface area (Å²) < 4.78 is 17.7. The molecule has 7 nitrogen and oxygen atoms in total. The summed E-state index contributed by atoms with van der Waals surface area (Å²) in [6, 6.07) is 4.77. The summed E-state index contributed by atoms with van der Waals surface area (Å²) in [7, 11) is 1.24. The molecule has 0 saturated carbocycles. The van der Waals surface area contributed by atoms with Crippen LogP contribution in [0.15, 0.2) is 24.3 Å². The maximum absolute atomic E-state index is 13.1. The number of amides is 2. The number of hydrogen-bond donors (Lipinski definition) is 2.